The molecule has 3 aromatic heterocycles. The van der Waals surface area contributed by atoms with Gasteiger partial charge in [0.25, 0.3) is 5.56 Å². The van der Waals surface area contributed by atoms with E-state index in [-0.39, 0.29) is 5.56 Å². The summed E-state index contributed by atoms with van der Waals surface area (Å²) < 4.78 is 7.34. The van der Waals surface area contributed by atoms with Crippen molar-refractivity contribution >= 4 is 32.9 Å². The van der Waals surface area contributed by atoms with Crippen LogP contribution in [-0.2, 0) is 13.2 Å². The maximum absolute atomic E-state index is 12.4. The average Bonchev–Trinajstić information content (AvgIpc) is 3.26. The molecule has 0 saturated heterocycles. The van der Waals surface area contributed by atoms with Gasteiger partial charge in [-0.05, 0) is 30.5 Å². The number of aromatic nitrogens is 3. The van der Waals surface area contributed by atoms with Crippen molar-refractivity contribution in [3.05, 3.63) is 74.0 Å². The Bertz CT molecular complexity index is 1060. The van der Waals surface area contributed by atoms with Crippen molar-refractivity contribution in [3.63, 3.8) is 0 Å². The number of aryl methyl sites for hydroxylation is 1. The van der Waals surface area contributed by atoms with Gasteiger partial charge >= 0.3 is 0 Å². The highest BCUT2D eigenvalue weighted by molar-refractivity contribution is 7.16. The van der Waals surface area contributed by atoms with E-state index in [0.29, 0.717) is 18.5 Å². The molecule has 0 amide bonds. The first-order chi connectivity index (χ1) is 12.2. The maximum Gasteiger partial charge on any atom is 0.262 e. The third-order valence-corrected chi connectivity index (χ3v) is 5.46. The Labute approximate surface area is 152 Å². The number of ether oxygens (including phenoxy) is 1. The number of hydrogen-bond acceptors (Lipinski definition) is 6. The zero-order valence-electron chi connectivity index (χ0n) is 13.5. The third-order valence-electron chi connectivity index (χ3n) is 3.77. The number of nitrogens with zero attached hydrogens (tertiary/aromatic N) is 3. The minimum Gasteiger partial charge on any atom is -0.486 e. The van der Waals surface area contributed by atoms with Crippen molar-refractivity contribution in [3.8, 4) is 5.75 Å². The van der Waals surface area contributed by atoms with Gasteiger partial charge in [0.05, 0.1) is 24.0 Å². The highest BCUT2D eigenvalue weighted by Gasteiger charge is 2.08. The molecule has 0 atom stereocenters. The predicted molar refractivity (Wildman–Crippen MR) is 101 cm³/mol. The van der Waals surface area contributed by atoms with Gasteiger partial charge in [0.15, 0.2) is 0 Å². The standard InChI is InChI=1S/C18H15N3O2S2/c1-12-2-4-14(5-3-12)23-9-16-20-13(10-25-16)8-21-11-19-17-15(18(21)22)6-7-24-17/h2-7,10-11H,8-9H2,1H3. The molecule has 0 aliphatic carbocycles. The van der Waals surface area contributed by atoms with Crippen LogP contribution in [0.4, 0.5) is 0 Å². The molecule has 5 nitrogen and oxygen atoms in total. The number of thiazole rings is 1. The van der Waals surface area contributed by atoms with Gasteiger partial charge in [-0.3, -0.25) is 9.36 Å². The predicted octanol–water partition coefficient (Wildman–Crippen LogP) is 3.85. The third kappa shape index (κ3) is 3.47. The summed E-state index contributed by atoms with van der Waals surface area (Å²) in [6.45, 7) is 2.88. The van der Waals surface area contributed by atoms with Crippen LogP contribution in [0.3, 0.4) is 0 Å². The van der Waals surface area contributed by atoms with Crippen LogP contribution in [0.15, 0.2) is 52.2 Å². The van der Waals surface area contributed by atoms with Crippen molar-refractivity contribution in [2.24, 2.45) is 0 Å². The minimum absolute atomic E-state index is 0.0308. The van der Waals surface area contributed by atoms with E-state index in [4.69, 9.17) is 4.74 Å². The second-order valence-corrected chi connectivity index (χ2v) is 7.49. The summed E-state index contributed by atoms with van der Waals surface area (Å²) in [5.41, 5.74) is 2.01. The van der Waals surface area contributed by atoms with Crippen LogP contribution in [0, 0.1) is 6.92 Å². The lowest BCUT2D eigenvalue weighted by molar-refractivity contribution is 0.305. The summed E-state index contributed by atoms with van der Waals surface area (Å²) in [5, 5.41) is 5.38. The Morgan fingerprint density at radius 3 is 2.84 bits per heavy atom. The zero-order valence-corrected chi connectivity index (χ0v) is 15.1. The van der Waals surface area contributed by atoms with Crippen LogP contribution < -0.4 is 10.3 Å². The lowest BCUT2D eigenvalue weighted by Gasteiger charge is -2.04. The Balaban J connectivity index is 1.46. The van der Waals surface area contributed by atoms with Crippen molar-refractivity contribution in [2.75, 3.05) is 0 Å². The van der Waals surface area contributed by atoms with Gasteiger partial charge in [-0.2, -0.15) is 0 Å². The first-order valence-electron chi connectivity index (χ1n) is 7.74. The summed E-state index contributed by atoms with van der Waals surface area (Å²) in [7, 11) is 0. The number of benzene rings is 1. The highest BCUT2D eigenvalue weighted by Crippen LogP contribution is 2.17. The molecule has 126 valence electrons. The van der Waals surface area contributed by atoms with Gasteiger partial charge < -0.3 is 4.74 Å². The van der Waals surface area contributed by atoms with Crippen LogP contribution >= 0.6 is 22.7 Å². The summed E-state index contributed by atoms with van der Waals surface area (Å²) in [6.07, 6.45) is 1.59. The van der Waals surface area contributed by atoms with E-state index in [2.05, 4.69) is 9.97 Å². The summed E-state index contributed by atoms with van der Waals surface area (Å²) >= 11 is 3.00. The molecule has 0 saturated carbocycles. The Hall–Kier alpha value is -2.51. The highest BCUT2D eigenvalue weighted by atomic mass is 32.1. The number of rotatable bonds is 5. The second kappa shape index (κ2) is 6.78. The van der Waals surface area contributed by atoms with Gasteiger partial charge in [0.1, 0.15) is 22.2 Å². The van der Waals surface area contributed by atoms with Crippen LogP contribution in [0.5, 0.6) is 5.75 Å². The molecule has 0 bridgehead atoms. The normalized spacial score (nSPS) is 11.1. The summed E-state index contributed by atoms with van der Waals surface area (Å²) in [6, 6.07) is 9.75. The van der Waals surface area contributed by atoms with Crippen molar-refractivity contribution in [1.29, 1.82) is 0 Å². The summed E-state index contributed by atoms with van der Waals surface area (Å²) in [4.78, 5) is 22.1. The largest absolute Gasteiger partial charge is 0.486 e. The first kappa shape index (κ1) is 16.0. The first-order valence-corrected chi connectivity index (χ1v) is 9.50. The number of hydrogen-bond donors (Lipinski definition) is 0. The quantitative estimate of drug-likeness (QED) is 0.536. The lowest BCUT2D eigenvalue weighted by Crippen LogP contribution is -2.20. The van der Waals surface area contributed by atoms with E-state index in [1.165, 1.54) is 28.2 Å². The Morgan fingerprint density at radius 2 is 2.00 bits per heavy atom. The molecule has 3 heterocycles. The van der Waals surface area contributed by atoms with Gasteiger partial charge in [-0.15, -0.1) is 22.7 Å². The van der Waals surface area contributed by atoms with E-state index < -0.39 is 0 Å². The molecule has 1 aromatic carbocycles. The average molecular weight is 369 g/mol. The van der Waals surface area contributed by atoms with Gasteiger partial charge in [0, 0.05) is 5.38 Å². The molecular weight excluding hydrogens is 354 g/mol. The van der Waals surface area contributed by atoms with E-state index in [0.717, 1.165) is 21.3 Å². The van der Waals surface area contributed by atoms with E-state index >= 15 is 0 Å². The lowest BCUT2D eigenvalue weighted by atomic mass is 10.2. The van der Waals surface area contributed by atoms with Crippen molar-refractivity contribution in [1.82, 2.24) is 14.5 Å². The van der Waals surface area contributed by atoms with Crippen LogP contribution in [0.1, 0.15) is 16.3 Å². The molecule has 0 fully saturated rings. The molecule has 0 aliphatic rings. The number of thiophene rings is 1. The topological polar surface area (TPSA) is 57.0 Å². The molecule has 7 heteroatoms. The van der Waals surface area contributed by atoms with Crippen LogP contribution in [0.2, 0.25) is 0 Å². The molecule has 4 rings (SSSR count). The molecule has 25 heavy (non-hydrogen) atoms. The zero-order chi connectivity index (χ0) is 17.2. The second-order valence-electron chi connectivity index (χ2n) is 5.65. The smallest absolute Gasteiger partial charge is 0.262 e. The molecule has 0 unspecified atom stereocenters. The molecule has 0 aliphatic heterocycles. The molecule has 0 radical (unpaired) electrons. The fraction of sp³-hybridized carbons (Fsp3) is 0.167. The van der Waals surface area contributed by atoms with Crippen LogP contribution in [0.25, 0.3) is 10.2 Å². The minimum atomic E-state index is -0.0308. The maximum atomic E-state index is 12.4. The van der Waals surface area contributed by atoms with Crippen molar-refractivity contribution < 1.29 is 4.74 Å². The Morgan fingerprint density at radius 1 is 1.16 bits per heavy atom. The molecule has 4 aromatic rings. The molecule has 0 N–H and O–H groups in total. The fourth-order valence-corrected chi connectivity index (χ4v) is 3.87. The van der Waals surface area contributed by atoms with E-state index in [9.17, 15) is 4.79 Å². The fourth-order valence-electron chi connectivity index (χ4n) is 2.45. The van der Waals surface area contributed by atoms with E-state index in [1.54, 1.807) is 10.9 Å². The Kier molecular flexibility index (Phi) is 4.33. The van der Waals surface area contributed by atoms with E-state index in [1.807, 2.05) is 48.0 Å². The monoisotopic (exact) mass is 369 g/mol. The van der Waals surface area contributed by atoms with Crippen LogP contribution in [-0.4, -0.2) is 14.5 Å². The van der Waals surface area contributed by atoms with Gasteiger partial charge in [-0.25, -0.2) is 9.97 Å². The summed E-state index contributed by atoms with van der Waals surface area (Å²) in [5.74, 6) is 0.825. The molecular formula is C18H15N3O2S2. The van der Waals surface area contributed by atoms with Crippen molar-refractivity contribution in [2.45, 2.75) is 20.1 Å². The van der Waals surface area contributed by atoms with Gasteiger partial charge in [-0.1, -0.05) is 17.7 Å². The molecule has 0 spiro atoms. The van der Waals surface area contributed by atoms with Gasteiger partial charge in [0.2, 0.25) is 0 Å². The number of fused-ring (bicyclic) bond motifs is 1. The SMILES string of the molecule is Cc1ccc(OCc2nc(Cn3cnc4sccc4c3=O)cs2)cc1.